The Morgan fingerprint density at radius 3 is 2.67 bits per heavy atom. The van der Waals surface area contributed by atoms with Crippen molar-refractivity contribution in [1.82, 2.24) is 4.57 Å². The van der Waals surface area contributed by atoms with Crippen molar-refractivity contribution in [2.45, 2.75) is 19.1 Å². The van der Waals surface area contributed by atoms with Gasteiger partial charge in [0.05, 0.1) is 12.2 Å². The number of carbonyl (C=O) groups is 1. The van der Waals surface area contributed by atoms with E-state index in [1.54, 1.807) is 20.2 Å². The van der Waals surface area contributed by atoms with E-state index in [1.165, 1.54) is 10.6 Å². The number of rotatable bonds is 3. The monoisotopic (exact) mass is 300 g/mol. The summed E-state index contributed by atoms with van der Waals surface area (Å²) in [6, 6.07) is 2.32. The van der Waals surface area contributed by atoms with Crippen LogP contribution in [0, 0.1) is 0 Å². The summed E-state index contributed by atoms with van der Waals surface area (Å²) in [5.41, 5.74) is 5.88. The van der Waals surface area contributed by atoms with E-state index in [9.17, 15) is 18.0 Å². The number of ether oxygens (including phenoxy) is 1. The van der Waals surface area contributed by atoms with E-state index < -0.39 is 23.8 Å². The Hall–Kier alpha value is -2.02. The molecule has 4 nitrogen and oxygen atoms in total. The fourth-order valence-corrected chi connectivity index (χ4v) is 2.20. The van der Waals surface area contributed by atoms with Gasteiger partial charge in [-0.3, -0.25) is 0 Å². The van der Waals surface area contributed by atoms with Gasteiger partial charge in [0.1, 0.15) is 6.04 Å². The zero-order valence-electron chi connectivity index (χ0n) is 11.6. The van der Waals surface area contributed by atoms with E-state index in [0.29, 0.717) is 16.5 Å². The van der Waals surface area contributed by atoms with Crippen molar-refractivity contribution in [3.63, 3.8) is 0 Å². The zero-order chi connectivity index (χ0) is 15.8. The van der Waals surface area contributed by atoms with Crippen molar-refractivity contribution in [2.24, 2.45) is 12.8 Å². The number of aromatic nitrogens is 1. The van der Waals surface area contributed by atoms with Gasteiger partial charge < -0.3 is 15.0 Å². The molecule has 0 amide bonds. The molecule has 1 heterocycles. The standard InChI is InChI=1S/C14H15F3N2O2/c1-3-21-13(20)12(18)10-7-19(2)11-6-8(14(15,16)17)4-5-9(10)11/h4-7,12H,3,18H2,1-2H3. The maximum Gasteiger partial charge on any atom is 0.416 e. The molecule has 114 valence electrons. The summed E-state index contributed by atoms with van der Waals surface area (Å²) in [4.78, 5) is 11.7. The Labute approximate surface area is 119 Å². The van der Waals surface area contributed by atoms with Gasteiger partial charge in [0.15, 0.2) is 0 Å². The Balaban J connectivity index is 2.51. The van der Waals surface area contributed by atoms with Crippen LogP contribution >= 0.6 is 0 Å². The SMILES string of the molecule is CCOC(=O)C(N)c1cn(C)c2cc(C(F)(F)F)ccc12. The van der Waals surface area contributed by atoms with E-state index >= 15 is 0 Å². The highest BCUT2D eigenvalue weighted by molar-refractivity contribution is 5.90. The predicted molar refractivity (Wildman–Crippen MR) is 71.5 cm³/mol. The molecule has 2 N–H and O–H groups in total. The summed E-state index contributed by atoms with van der Waals surface area (Å²) in [7, 11) is 1.60. The molecule has 1 atom stereocenters. The van der Waals surface area contributed by atoms with Crippen molar-refractivity contribution >= 4 is 16.9 Å². The molecule has 0 aliphatic rings. The van der Waals surface area contributed by atoms with Crippen LogP contribution in [0.15, 0.2) is 24.4 Å². The number of hydrogen-bond donors (Lipinski definition) is 1. The van der Waals surface area contributed by atoms with E-state index in [0.717, 1.165) is 12.1 Å². The second-order valence-corrected chi connectivity index (χ2v) is 4.65. The van der Waals surface area contributed by atoms with Gasteiger partial charge in [-0.2, -0.15) is 13.2 Å². The van der Waals surface area contributed by atoms with E-state index in [4.69, 9.17) is 10.5 Å². The highest BCUT2D eigenvalue weighted by Gasteiger charge is 2.31. The number of hydrogen-bond acceptors (Lipinski definition) is 3. The minimum absolute atomic E-state index is 0.190. The van der Waals surface area contributed by atoms with Crippen LogP contribution in [0.1, 0.15) is 24.1 Å². The van der Waals surface area contributed by atoms with Gasteiger partial charge in [0.2, 0.25) is 0 Å². The molecule has 0 radical (unpaired) electrons. The Kier molecular flexibility index (Phi) is 3.95. The minimum Gasteiger partial charge on any atom is -0.465 e. The highest BCUT2D eigenvalue weighted by atomic mass is 19.4. The first-order valence-electron chi connectivity index (χ1n) is 6.34. The smallest absolute Gasteiger partial charge is 0.416 e. The third-order valence-electron chi connectivity index (χ3n) is 3.22. The minimum atomic E-state index is -4.41. The number of benzene rings is 1. The lowest BCUT2D eigenvalue weighted by atomic mass is 10.0. The summed E-state index contributed by atoms with van der Waals surface area (Å²) in [5, 5.41) is 0.506. The fraction of sp³-hybridized carbons (Fsp3) is 0.357. The average Bonchev–Trinajstić information content (AvgIpc) is 2.74. The summed E-state index contributed by atoms with van der Waals surface area (Å²) in [6.07, 6.45) is -2.87. The van der Waals surface area contributed by atoms with E-state index in [-0.39, 0.29) is 6.61 Å². The van der Waals surface area contributed by atoms with Crippen LogP contribution < -0.4 is 5.73 Å². The van der Waals surface area contributed by atoms with Crippen LogP contribution in [0.3, 0.4) is 0 Å². The summed E-state index contributed by atoms with van der Waals surface area (Å²) in [6.45, 7) is 1.85. The summed E-state index contributed by atoms with van der Waals surface area (Å²) >= 11 is 0. The van der Waals surface area contributed by atoms with Crippen molar-refractivity contribution in [3.05, 3.63) is 35.5 Å². The topological polar surface area (TPSA) is 57.2 Å². The molecule has 1 aromatic heterocycles. The Morgan fingerprint density at radius 1 is 1.43 bits per heavy atom. The molecule has 2 rings (SSSR count). The van der Waals surface area contributed by atoms with Gasteiger partial charge in [-0.1, -0.05) is 6.07 Å². The normalized spacial score (nSPS) is 13.4. The van der Waals surface area contributed by atoms with Crippen LogP contribution in [0.5, 0.6) is 0 Å². The molecule has 0 spiro atoms. The lowest BCUT2D eigenvalue weighted by Crippen LogP contribution is -2.23. The van der Waals surface area contributed by atoms with E-state index in [1.807, 2.05) is 0 Å². The molecule has 7 heteroatoms. The molecule has 0 aliphatic carbocycles. The van der Waals surface area contributed by atoms with Crippen molar-refractivity contribution in [2.75, 3.05) is 6.61 Å². The van der Waals surface area contributed by atoms with Gasteiger partial charge in [0, 0.05) is 29.7 Å². The lowest BCUT2D eigenvalue weighted by molar-refractivity contribution is -0.144. The van der Waals surface area contributed by atoms with Gasteiger partial charge in [0.25, 0.3) is 0 Å². The molecule has 0 aliphatic heterocycles. The molecule has 0 saturated carbocycles. The number of carbonyl (C=O) groups excluding carboxylic acids is 1. The number of halogens is 3. The largest absolute Gasteiger partial charge is 0.465 e. The van der Waals surface area contributed by atoms with Crippen molar-refractivity contribution in [3.8, 4) is 0 Å². The Morgan fingerprint density at radius 2 is 2.10 bits per heavy atom. The maximum atomic E-state index is 12.7. The number of fused-ring (bicyclic) bond motifs is 1. The number of aryl methyl sites for hydroxylation is 1. The van der Waals surface area contributed by atoms with Crippen LogP contribution in [0.4, 0.5) is 13.2 Å². The third kappa shape index (κ3) is 2.87. The van der Waals surface area contributed by atoms with Gasteiger partial charge in [-0.05, 0) is 19.1 Å². The molecule has 21 heavy (non-hydrogen) atoms. The van der Waals surface area contributed by atoms with Crippen LogP contribution in [0.2, 0.25) is 0 Å². The summed E-state index contributed by atoms with van der Waals surface area (Å²) in [5.74, 6) is -0.607. The molecule has 0 bridgehead atoms. The van der Waals surface area contributed by atoms with Crippen LogP contribution in [0.25, 0.3) is 10.9 Å². The lowest BCUT2D eigenvalue weighted by Gasteiger charge is -2.10. The average molecular weight is 300 g/mol. The molecular formula is C14H15F3N2O2. The van der Waals surface area contributed by atoms with Gasteiger partial charge in [-0.15, -0.1) is 0 Å². The number of esters is 1. The molecule has 1 aromatic carbocycles. The molecule has 0 fully saturated rings. The van der Waals surface area contributed by atoms with Gasteiger partial charge >= 0.3 is 12.1 Å². The second-order valence-electron chi connectivity index (χ2n) is 4.65. The first-order chi connectivity index (χ1) is 9.75. The molecule has 2 aromatic rings. The second kappa shape index (κ2) is 5.40. The quantitative estimate of drug-likeness (QED) is 0.887. The van der Waals surface area contributed by atoms with Crippen molar-refractivity contribution in [1.29, 1.82) is 0 Å². The third-order valence-corrected chi connectivity index (χ3v) is 3.22. The predicted octanol–water partition coefficient (Wildman–Crippen LogP) is 2.76. The zero-order valence-corrected chi connectivity index (χ0v) is 11.6. The van der Waals surface area contributed by atoms with Crippen molar-refractivity contribution < 1.29 is 22.7 Å². The fourth-order valence-electron chi connectivity index (χ4n) is 2.20. The molecule has 0 saturated heterocycles. The number of nitrogens with zero attached hydrogens (tertiary/aromatic N) is 1. The van der Waals surface area contributed by atoms with Crippen LogP contribution in [-0.4, -0.2) is 17.1 Å². The highest BCUT2D eigenvalue weighted by Crippen LogP contribution is 2.33. The van der Waals surface area contributed by atoms with Gasteiger partial charge in [-0.25, -0.2) is 4.79 Å². The summed E-state index contributed by atoms with van der Waals surface area (Å²) < 4.78 is 44.6. The van der Waals surface area contributed by atoms with Crippen LogP contribution in [-0.2, 0) is 22.8 Å². The first-order valence-corrected chi connectivity index (χ1v) is 6.34. The first kappa shape index (κ1) is 15.4. The Bertz CT molecular complexity index is 677. The molecular weight excluding hydrogens is 285 g/mol. The molecule has 1 unspecified atom stereocenters. The maximum absolute atomic E-state index is 12.7. The number of nitrogens with two attached hydrogens (primary N) is 1. The van der Waals surface area contributed by atoms with E-state index in [2.05, 4.69) is 0 Å². The number of alkyl halides is 3.